The third-order valence-corrected chi connectivity index (χ3v) is 6.56. The van der Waals surface area contributed by atoms with Gasteiger partial charge in [-0.25, -0.2) is 4.39 Å². The molecule has 4 heteroatoms. The fraction of sp³-hybridized carbons (Fsp3) is 0.667. The Hall–Kier alpha value is -1.42. The Balaban J connectivity index is 1.41. The Morgan fingerprint density at radius 2 is 1.88 bits per heavy atom. The van der Waals surface area contributed by atoms with Gasteiger partial charge in [0.1, 0.15) is 5.82 Å². The molecule has 0 aromatic heterocycles. The first kappa shape index (κ1) is 17.0. The van der Waals surface area contributed by atoms with Crippen molar-refractivity contribution in [1.82, 2.24) is 4.90 Å². The molecule has 3 nitrogen and oxygen atoms in total. The lowest BCUT2D eigenvalue weighted by molar-refractivity contribution is -0.139. The molecule has 1 amide bonds. The van der Waals surface area contributed by atoms with Crippen LogP contribution in [0.15, 0.2) is 24.3 Å². The topological polar surface area (TPSA) is 46.3 Å². The first-order chi connectivity index (χ1) is 12.1. The van der Waals surface area contributed by atoms with E-state index in [-0.39, 0.29) is 11.7 Å². The summed E-state index contributed by atoms with van der Waals surface area (Å²) in [5.74, 6) is 1.36. The van der Waals surface area contributed by atoms with E-state index in [1.807, 2.05) is 6.07 Å². The van der Waals surface area contributed by atoms with Gasteiger partial charge in [0.2, 0.25) is 5.91 Å². The third-order valence-electron chi connectivity index (χ3n) is 6.56. The van der Waals surface area contributed by atoms with Crippen LogP contribution >= 0.6 is 0 Å². The van der Waals surface area contributed by atoms with E-state index < -0.39 is 0 Å². The SMILES string of the molecule is NC1C2CCCC1CC(C(=O)N(CCc1cccc(F)c1)C1CC1)C2. The van der Waals surface area contributed by atoms with E-state index in [1.165, 1.54) is 25.3 Å². The lowest BCUT2D eigenvalue weighted by Crippen LogP contribution is -2.50. The van der Waals surface area contributed by atoms with Crippen LogP contribution in [-0.4, -0.2) is 29.4 Å². The molecule has 0 heterocycles. The second kappa shape index (κ2) is 7.06. The van der Waals surface area contributed by atoms with Gasteiger partial charge in [-0.05, 0) is 74.5 Å². The highest BCUT2D eigenvalue weighted by molar-refractivity contribution is 5.79. The van der Waals surface area contributed by atoms with Gasteiger partial charge < -0.3 is 10.6 Å². The number of hydrogen-bond acceptors (Lipinski definition) is 2. The van der Waals surface area contributed by atoms with Crippen LogP contribution in [0.5, 0.6) is 0 Å². The predicted molar refractivity (Wildman–Crippen MR) is 96.4 cm³/mol. The number of fused-ring (bicyclic) bond motifs is 2. The second-order valence-corrected chi connectivity index (χ2v) is 8.34. The summed E-state index contributed by atoms with van der Waals surface area (Å²) in [7, 11) is 0. The van der Waals surface area contributed by atoms with E-state index >= 15 is 0 Å². The van der Waals surface area contributed by atoms with Crippen molar-refractivity contribution in [3.05, 3.63) is 35.6 Å². The van der Waals surface area contributed by atoms with Crippen LogP contribution in [0.4, 0.5) is 4.39 Å². The monoisotopic (exact) mass is 344 g/mol. The van der Waals surface area contributed by atoms with Gasteiger partial charge in [0, 0.05) is 24.5 Å². The minimum atomic E-state index is -0.198. The second-order valence-electron chi connectivity index (χ2n) is 8.34. The minimum Gasteiger partial charge on any atom is -0.339 e. The van der Waals surface area contributed by atoms with Crippen molar-refractivity contribution in [3.63, 3.8) is 0 Å². The fourth-order valence-electron chi connectivity index (χ4n) is 5.03. The summed E-state index contributed by atoms with van der Waals surface area (Å²) in [5.41, 5.74) is 7.36. The first-order valence-electron chi connectivity index (χ1n) is 9.92. The van der Waals surface area contributed by atoms with E-state index in [9.17, 15) is 9.18 Å². The molecule has 0 aliphatic heterocycles. The molecule has 0 saturated heterocycles. The van der Waals surface area contributed by atoms with Gasteiger partial charge in [-0.3, -0.25) is 4.79 Å². The highest BCUT2D eigenvalue weighted by Crippen LogP contribution is 2.43. The highest BCUT2D eigenvalue weighted by Gasteiger charge is 2.43. The molecule has 3 aliphatic rings. The van der Waals surface area contributed by atoms with Crippen LogP contribution in [-0.2, 0) is 11.2 Å². The average Bonchev–Trinajstić information content (AvgIpc) is 3.39. The van der Waals surface area contributed by atoms with E-state index in [1.54, 1.807) is 12.1 Å². The molecule has 4 rings (SSSR count). The number of benzene rings is 1. The fourth-order valence-corrected chi connectivity index (χ4v) is 5.03. The van der Waals surface area contributed by atoms with Crippen molar-refractivity contribution in [1.29, 1.82) is 0 Å². The smallest absolute Gasteiger partial charge is 0.225 e. The average molecular weight is 344 g/mol. The summed E-state index contributed by atoms with van der Waals surface area (Å²) < 4.78 is 13.4. The standard InChI is InChI=1S/C21H29FN2O/c22-18-6-1-3-14(11-18)9-10-24(19-7-8-19)21(25)17-12-15-4-2-5-16(13-17)20(15)23/h1,3,6,11,15-17,19-20H,2,4-5,7-10,12-13,23H2. The number of carbonyl (C=O) groups is 1. The molecular formula is C21H29FN2O. The molecule has 2 unspecified atom stereocenters. The van der Waals surface area contributed by atoms with Crippen molar-refractivity contribution in [2.45, 2.75) is 63.5 Å². The lowest BCUT2D eigenvalue weighted by atomic mass is 9.65. The van der Waals surface area contributed by atoms with E-state index in [0.29, 0.717) is 36.4 Å². The highest BCUT2D eigenvalue weighted by atomic mass is 19.1. The van der Waals surface area contributed by atoms with Crippen LogP contribution in [0.3, 0.4) is 0 Å². The Bertz CT molecular complexity index is 616. The van der Waals surface area contributed by atoms with Crippen molar-refractivity contribution in [3.8, 4) is 0 Å². The molecule has 25 heavy (non-hydrogen) atoms. The molecule has 2 bridgehead atoms. The molecule has 2 N–H and O–H groups in total. The van der Waals surface area contributed by atoms with Crippen LogP contribution in [0.1, 0.15) is 50.5 Å². The number of rotatable bonds is 5. The molecule has 0 spiro atoms. The summed E-state index contributed by atoms with van der Waals surface area (Å²) >= 11 is 0. The third kappa shape index (κ3) is 3.74. The van der Waals surface area contributed by atoms with Crippen molar-refractivity contribution in [2.24, 2.45) is 23.5 Å². The Morgan fingerprint density at radius 1 is 1.16 bits per heavy atom. The maximum atomic E-state index is 13.4. The number of halogens is 1. The molecule has 1 aromatic carbocycles. The Labute approximate surface area is 149 Å². The van der Waals surface area contributed by atoms with Crippen LogP contribution in [0, 0.1) is 23.6 Å². The lowest BCUT2D eigenvalue weighted by Gasteiger charge is -2.44. The molecule has 136 valence electrons. The summed E-state index contributed by atoms with van der Waals surface area (Å²) in [4.78, 5) is 15.3. The van der Waals surface area contributed by atoms with Crippen LogP contribution < -0.4 is 5.73 Å². The van der Waals surface area contributed by atoms with Crippen molar-refractivity contribution in [2.75, 3.05) is 6.54 Å². The van der Waals surface area contributed by atoms with Crippen molar-refractivity contribution >= 4 is 5.91 Å². The number of carbonyl (C=O) groups excluding carboxylic acids is 1. The predicted octanol–water partition coefficient (Wildman–Crippen LogP) is 3.51. The summed E-state index contributed by atoms with van der Waals surface area (Å²) in [5, 5.41) is 0. The van der Waals surface area contributed by atoms with Crippen molar-refractivity contribution < 1.29 is 9.18 Å². The summed E-state index contributed by atoms with van der Waals surface area (Å²) in [6, 6.07) is 7.47. The Kier molecular flexibility index (Phi) is 4.81. The van der Waals surface area contributed by atoms with Gasteiger partial charge in [-0.1, -0.05) is 18.6 Å². The summed E-state index contributed by atoms with van der Waals surface area (Å²) in [6.07, 6.45) is 8.57. The maximum absolute atomic E-state index is 13.4. The number of nitrogens with zero attached hydrogens (tertiary/aromatic N) is 1. The number of hydrogen-bond donors (Lipinski definition) is 1. The minimum absolute atomic E-state index is 0.156. The summed E-state index contributed by atoms with van der Waals surface area (Å²) in [6.45, 7) is 0.713. The van der Waals surface area contributed by atoms with Gasteiger partial charge in [-0.2, -0.15) is 0 Å². The number of amides is 1. The Morgan fingerprint density at radius 3 is 2.52 bits per heavy atom. The van der Waals surface area contributed by atoms with Gasteiger partial charge >= 0.3 is 0 Å². The molecule has 3 aliphatic carbocycles. The van der Waals surface area contributed by atoms with E-state index in [4.69, 9.17) is 5.73 Å². The molecule has 3 fully saturated rings. The molecule has 3 saturated carbocycles. The molecule has 0 radical (unpaired) electrons. The van der Waals surface area contributed by atoms with E-state index in [0.717, 1.165) is 37.7 Å². The zero-order valence-corrected chi connectivity index (χ0v) is 14.9. The molecular weight excluding hydrogens is 315 g/mol. The molecule has 2 atom stereocenters. The van der Waals surface area contributed by atoms with Crippen LogP contribution in [0.2, 0.25) is 0 Å². The largest absolute Gasteiger partial charge is 0.339 e. The molecule has 1 aromatic rings. The van der Waals surface area contributed by atoms with Gasteiger partial charge in [-0.15, -0.1) is 0 Å². The zero-order valence-electron chi connectivity index (χ0n) is 14.9. The van der Waals surface area contributed by atoms with Crippen LogP contribution in [0.25, 0.3) is 0 Å². The van der Waals surface area contributed by atoms with Gasteiger partial charge in [0.15, 0.2) is 0 Å². The first-order valence-corrected chi connectivity index (χ1v) is 9.92. The zero-order chi connectivity index (χ0) is 17.4. The normalized spacial score (nSPS) is 31.6. The quantitative estimate of drug-likeness (QED) is 0.888. The van der Waals surface area contributed by atoms with Gasteiger partial charge in [0.05, 0.1) is 0 Å². The van der Waals surface area contributed by atoms with E-state index in [2.05, 4.69) is 4.90 Å². The maximum Gasteiger partial charge on any atom is 0.225 e. The van der Waals surface area contributed by atoms with Gasteiger partial charge in [0.25, 0.3) is 0 Å². The number of nitrogens with two attached hydrogens (primary N) is 1.